The Morgan fingerprint density at radius 3 is 2.61 bits per heavy atom. The van der Waals surface area contributed by atoms with Gasteiger partial charge in [-0.3, -0.25) is 4.79 Å². The third-order valence-electron chi connectivity index (χ3n) is 5.45. The molecule has 2 unspecified atom stereocenters. The molecule has 7 nitrogen and oxygen atoms in total. The van der Waals surface area contributed by atoms with E-state index in [2.05, 4.69) is 11.4 Å². The number of hydrogen-bond acceptors (Lipinski definition) is 5. The molecule has 3 rings (SSSR count). The van der Waals surface area contributed by atoms with Crippen LogP contribution in [0.25, 0.3) is 0 Å². The molecule has 3 atom stereocenters. The van der Waals surface area contributed by atoms with Crippen molar-refractivity contribution >= 4 is 12.0 Å². The van der Waals surface area contributed by atoms with E-state index in [1.807, 2.05) is 0 Å². The lowest BCUT2D eigenvalue weighted by atomic mass is 10.0. The molecule has 0 spiro atoms. The van der Waals surface area contributed by atoms with Crippen molar-refractivity contribution in [3.8, 4) is 6.07 Å². The highest BCUT2D eigenvalue weighted by Gasteiger charge is 2.42. The van der Waals surface area contributed by atoms with Crippen molar-refractivity contribution in [2.24, 2.45) is 11.8 Å². The molecule has 0 bridgehead atoms. The number of likely N-dealkylation sites (tertiary alicyclic amines) is 2. The monoisotopic (exact) mass is 320 g/mol. The number of nitrogens with zero attached hydrogens (tertiary/aromatic N) is 3. The number of nitrogens with one attached hydrogen (secondary N) is 1. The van der Waals surface area contributed by atoms with Crippen LogP contribution in [0.5, 0.6) is 0 Å². The van der Waals surface area contributed by atoms with Gasteiger partial charge in [0.15, 0.2) is 0 Å². The molecule has 7 heteroatoms. The van der Waals surface area contributed by atoms with Crippen LogP contribution in [-0.4, -0.2) is 67.2 Å². The average molecular weight is 320 g/mol. The maximum atomic E-state index is 12.2. The highest BCUT2D eigenvalue weighted by Crippen LogP contribution is 2.38. The van der Waals surface area contributed by atoms with Crippen LogP contribution in [0, 0.1) is 23.2 Å². The van der Waals surface area contributed by atoms with Gasteiger partial charge in [0.1, 0.15) is 6.04 Å². The number of fused-ring (bicyclic) bond motifs is 1. The number of hydrogen-bond donors (Lipinski definition) is 1. The number of rotatable bonds is 3. The van der Waals surface area contributed by atoms with E-state index in [4.69, 9.17) is 10.00 Å². The van der Waals surface area contributed by atoms with E-state index in [1.54, 1.807) is 9.80 Å². The van der Waals surface area contributed by atoms with Gasteiger partial charge in [-0.15, -0.1) is 0 Å². The van der Waals surface area contributed by atoms with Crippen LogP contribution in [0.2, 0.25) is 0 Å². The van der Waals surface area contributed by atoms with E-state index in [1.165, 1.54) is 7.11 Å². The SMILES string of the molecule is COC(=O)N1CC2CC(NCC(=O)N3CCC[C@H]3C#N)CC2C1. The zero-order chi connectivity index (χ0) is 16.4. The van der Waals surface area contributed by atoms with Crippen molar-refractivity contribution in [2.45, 2.75) is 37.8 Å². The van der Waals surface area contributed by atoms with Crippen LogP contribution >= 0.6 is 0 Å². The van der Waals surface area contributed by atoms with Gasteiger partial charge in [0.25, 0.3) is 0 Å². The van der Waals surface area contributed by atoms with Gasteiger partial charge in [0, 0.05) is 25.7 Å². The predicted octanol–water partition coefficient (Wildman–Crippen LogP) is 0.567. The van der Waals surface area contributed by atoms with E-state index in [9.17, 15) is 9.59 Å². The molecule has 1 saturated carbocycles. The minimum atomic E-state index is -0.249. The summed E-state index contributed by atoms with van der Waals surface area (Å²) in [6.07, 6.45) is 3.45. The molecule has 3 fully saturated rings. The van der Waals surface area contributed by atoms with E-state index in [-0.39, 0.29) is 18.0 Å². The van der Waals surface area contributed by atoms with Crippen LogP contribution < -0.4 is 5.32 Å². The number of amides is 2. The molecular weight excluding hydrogens is 296 g/mol. The third kappa shape index (κ3) is 3.27. The Morgan fingerprint density at radius 1 is 1.30 bits per heavy atom. The maximum absolute atomic E-state index is 12.2. The Morgan fingerprint density at radius 2 is 2.00 bits per heavy atom. The Labute approximate surface area is 136 Å². The molecular formula is C16H24N4O3. The summed E-state index contributed by atoms with van der Waals surface area (Å²) in [6.45, 7) is 2.52. The number of carbonyl (C=O) groups is 2. The van der Waals surface area contributed by atoms with Crippen molar-refractivity contribution in [1.29, 1.82) is 5.26 Å². The normalized spacial score (nSPS) is 32.7. The predicted molar refractivity (Wildman–Crippen MR) is 82.3 cm³/mol. The Bertz CT molecular complexity index is 504. The van der Waals surface area contributed by atoms with Gasteiger partial charge in [0.2, 0.25) is 5.91 Å². The Kier molecular flexibility index (Phi) is 4.71. The Hall–Kier alpha value is -1.81. The fraction of sp³-hybridized carbons (Fsp3) is 0.812. The lowest BCUT2D eigenvalue weighted by Crippen LogP contribution is -2.43. The fourth-order valence-corrected chi connectivity index (χ4v) is 4.28. The van der Waals surface area contributed by atoms with Crippen LogP contribution in [0.3, 0.4) is 0 Å². The molecule has 0 radical (unpaired) electrons. The second kappa shape index (κ2) is 6.75. The first-order chi connectivity index (χ1) is 11.1. The molecule has 0 aromatic heterocycles. The Balaban J connectivity index is 1.43. The van der Waals surface area contributed by atoms with Crippen LogP contribution in [0.1, 0.15) is 25.7 Å². The molecule has 1 N–H and O–H groups in total. The van der Waals surface area contributed by atoms with Crippen LogP contribution in [0.15, 0.2) is 0 Å². The highest BCUT2D eigenvalue weighted by molar-refractivity contribution is 5.79. The van der Waals surface area contributed by atoms with Gasteiger partial charge in [0.05, 0.1) is 19.7 Å². The average Bonchev–Trinajstić information content (AvgIpc) is 3.24. The summed E-state index contributed by atoms with van der Waals surface area (Å²) in [4.78, 5) is 27.3. The van der Waals surface area contributed by atoms with Gasteiger partial charge in [-0.1, -0.05) is 0 Å². The summed E-state index contributed by atoms with van der Waals surface area (Å²) in [7, 11) is 1.42. The minimum Gasteiger partial charge on any atom is -0.453 e. The molecule has 0 aromatic carbocycles. The first kappa shape index (κ1) is 16.1. The summed E-state index contributed by atoms with van der Waals surface area (Å²) in [5, 5.41) is 12.4. The maximum Gasteiger partial charge on any atom is 0.409 e. The second-order valence-electron chi connectivity index (χ2n) is 6.82. The standard InChI is InChI=1S/C16H24N4O3/c1-23-16(22)19-9-11-5-13(6-12(11)10-19)18-8-15(21)20-4-2-3-14(20)7-17/h11-14,18H,2-6,8-10H2,1H3/t11?,12?,13?,14-/m0/s1. The molecule has 2 heterocycles. The smallest absolute Gasteiger partial charge is 0.409 e. The third-order valence-corrected chi connectivity index (χ3v) is 5.45. The minimum absolute atomic E-state index is 0.0299. The van der Waals surface area contributed by atoms with E-state index in [0.29, 0.717) is 31.0 Å². The van der Waals surface area contributed by atoms with Crippen molar-refractivity contribution < 1.29 is 14.3 Å². The van der Waals surface area contributed by atoms with E-state index in [0.717, 1.165) is 38.8 Å². The molecule has 126 valence electrons. The largest absolute Gasteiger partial charge is 0.453 e. The van der Waals surface area contributed by atoms with Crippen molar-refractivity contribution in [2.75, 3.05) is 33.3 Å². The van der Waals surface area contributed by atoms with Crippen molar-refractivity contribution in [3.05, 3.63) is 0 Å². The fourth-order valence-electron chi connectivity index (χ4n) is 4.28. The molecule has 3 aliphatic rings. The summed E-state index contributed by atoms with van der Waals surface area (Å²) < 4.78 is 4.78. The molecule has 2 saturated heterocycles. The van der Waals surface area contributed by atoms with E-state index < -0.39 is 0 Å². The van der Waals surface area contributed by atoms with Gasteiger partial charge >= 0.3 is 6.09 Å². The zero-order valence-electron chi connectivity index (χ0n) is 13.5. The summed E-state index contributed by atoms with van der Waals surface area (Å²) >= 11 is 0. The molecule has 23 heavy (non-hydrogen) atoms. The summed E-state index contributed by atoms with van der Waals surface area (Å²) in [6, 6.07) is 2.29. The van der Waals surface area contributed by atoms with Crippen LogP contribution in [-0.2, 0) is 9.53 Å². The summed E-state index contributed by atoms with van der Waals surface area (Å²) in [5.41, 5.74) is 0. The van der Waals surface area contributed by atoms with E-state index >= 15 is 0 Å². The number of methoxy groups -OCH3 is 1. The van der Waals surface area contributed by atoms with Gasteiger partial charge in [-0.2, -0.15) is 5.26 Å². The highest BCUT2D eigenvalue weighted by atomic mass is 16.5. The number of carbonyl (C=O) groups excluding carboxylic acids is 2. The topological polar surface area (TPSA) is 85.7 Å². The molecule has 1 aliphatic carbocycles. The van der Waals surface area contributed by atoms with Crippen molar-refractivity contribution in [3.63, 3.8) is 0 Å². The second-order valence-corrected chi connectivity index (χ2v) is 6.82. The lowest BCUT2D eigenvalue weighted by Gasteiger charge is -2.22. The number of nitriles is 1. The lowest BCUT2D eigenvalue weighted by molar-refractivity contribution is -0.130. The van der Waals surface area contributed by atoms with Gasteiger partial charge in [-0.05, 0) is 37.5 Å². The van der Waals surface area contributed by atoms with Gasteiger partial charge in [-0.25, -0.2) is 4.79 Å². The zero-order valence-corrected chi connectivity index (χ0v) is 13.5. The number of ether oxygens (including phenoxy) is 1. The molecule has 0 aromatic rings. The quantitative estimate of drug-likeness (QED) is 0.821. The summed E-state index contributed by atoms with van der Waals surface area (Å²) in [5.74, 6) is 1.03. The first-order valence-corrected chi connectivity index (χ1v) is 8.37. The molecule has 2 aliphatic heterocycles. The first-order valence-electron chi connectivity index (χ1n) is 8.37. The van der Waals surface area contributed by atoms with Crippen molar-refractivity contribution in [1.82, 2.24) is 15.1 Å². The van der Waals surface area contributed by atoms with Gasteiger partial charge < -0.3 is 19.9 Å². The van der Waals surface area contributed by atoms with Crippen LogP contribution in [0.4, 0.5) is 4.79 Å². The molecule has 2 amide bonds.